The van der Waals surface area contributed by atoms with Crippen molar-refractivity contribution in [3.8, 4) is 28.7 Å². The average molecular weight is 242 g/mol. The number of ether oxygens (including phenoxy) is 5. The molecule has 0 amide bonds. The van der Waals surface area contributed by atoms with Crippen LogP contribution in [0.3, 0.4) is 0 Å². The molecule has 0 saturated heterocycles. The van der Waals surface area contributed by atoms with E-state index < -0.39 is 0 Å². The molecule has 0 spiro atoms. The van der Waals surface area contributed by atoms with Crippen LogP contribution in [0.4, 0.5) is 0 Å². The first-order valence-electron chi connectivity index (χ1n) is 4.70. The van der Waals surface area contributed by atoms with E-state index in [9.17, 15) is 4.79 Å². The van der Waals surface area contributed by atoms with Gasteiger partial charge in [0.25, 0.3) is 6.47 Å². The van der Waals surface area contributed by atoms with Crippen molar-refractivity contribution in [1.82, 2.24) is 0 Å². The Morgan fingerprint density at radius 1 is 0.824 bits per heavy atom. The third kappa shape index (κ3) is 2.35. The Kier molecular flexibility index (Phi) is 4.45. The fraction of sp³-hybridized carbons (Fsp3) is 0.364. The summed E-state index contributed by atoms with van der Waals surface area (Å²) in [5.41, 5.74) is 0. The van der Waals surface area contributed by atoms with Crippen molar-refractivity contribution in [2.45, 2.75) is 0 Å². The minimum atomic E-state index is 0.141. The number of methoxy groups -OCH3 is 4. The van der Waals surface area contributed by atoms with Crippen molar-refractivity contribution < 1.29 is 28.5 Å². The molecule has 0 unspecified atom stereocenters. The first-order chi connectivity index (χ1) is 8.23. The molecule has 0 saturated carbocycles. The second kappa shape index (κ2) is 5.83. The summed E-state index contributed by atoms with van der Waals surface area (Å²) in [6, 6.07) is 1.54. The molecule has 0 N–H and O–H groups in total. The highest BCUT2D eigenvalue weighted by atomic mass is 16.6. The van der Waals surface area contributed by atoms with E-state index in [0.29, 0.717) is 17.2 Å². The summed E-state index contributed by atoms with van der Waals surface area (Å²) >= 11 is 0. The third-order valence-electron chi connectivity index (χ3n) is 2.14. The Morgan fingerprint density at radius 2 is 1.35 bits per heavy atom. The predicted molar refractivity (Wildman–Crippen MR) is 59.3 cm³/mol. The molecule has 0 fully saturated rings. The fourth-order valence-corrected chi connectivity index (χ4v) is 1.42. The van der Waals surface area contributed by atoms with Crippen molar-refractivity contribution in [1.29, 1.82) is 0 Å². The highest BCUT2D eigenvalue weighted by Gasteiger charge is 2.22. The first-order valence-corrected chi connectivity index (χ1v) is 4.70. The Morgan fingerprint density at radius 3 is 1.76 bits per heavy atom. The highest BCUT2D eigenvalue weighted by Crippen LogP contribution is 2.49. The number of hydrogen-bond acceptors (Lipinski definition) is 6. The Balaban J connectivity index is 3.49. The van der Waals surface area contributed by atoms with Gasteiger partial charge in [-0.3, -0.25) is 4.79 Å². The van der Waals surface area contributed by atoms with Crippen molar-refractivity contribution >= 4 is 6.47 Å². The van der Waals surface area contributed by atoms with Gasteiger partial charge in [0.1, 0.15) is 0 Å². The maximum absolute atomic E-state index is 10.5. The molecule has 0 aliphatic rings. The molecule has 6 nitrogen and oxygen atoms in total. The lowest BCUT2D eigenvalue weighted by atomic mass is 10.2. The van der Waals surface area contributed by atoms with Crippen molar-refractivity contribution in [3.63, 3.8) is 0 Å². The molecule has 1 aromatic carbocycles. The van der Waals surface area contributed by atoms with Gasteiger partial charge in [-0.15, -0.1) is 0 Å². The van der Waals surface area contributed by atoms with E-state index in [2.05, 4.69) is 0 Å². The first kappa shape index (κ1) is 13.0. The zero-order chi connectivity index (χ0) is 12.8. The van der Waals surface area contributed by atoms with Gasteiger partial charge < -0.3 is 23.7 Å². The van der Waals surface area contributed by atoms with Gasteiger partial charge in [-0.1, -0.05) is 0 Å². The zero-order valence-electron chi connectivity index (χ0n) is 10.1. The predicted octanol–water partition coefficient (Wildman–Crippen LogP) is 1.26. The van der Waals surface area contributed by atoms with E-state index in [1.165, 1.54) is 28.4 Å². The summed E-state index contributed by atoms with van der Waals surface area (Å²) in [7, 11) is 5.81. The summed E-state index contributed by atoms with van der Waals surface area (Å²) in [5.74, 6) is 1.43. The maximum Gasteiger partial charge on any atom is 0.298 e. The molecule has 1 aromatic rings. The molecule has 94 valence electrons. The number of carbonyl (C=O) groups is 1. The molecular formula is C11H14O6. The van der Waals surface area contributed by atoms with Gasteiger partial charge in [-0.05, 0) is 0 Å². The monoisotopic (exact) mass is 242 g/mol. The second-order valence-electron chi connectivity index (χ2n) is 2.89. The van der Waals surface area contributed by atoms with Gasteiger partial charge >= 0.3 is 0 Å². The van der Waals surface area contributed by atoms with Crippen LogP contribution in [-0.2, 0) is 4.79 Å². The average Bonchev–Trinajstić information content (AvgIpc) is 2.37. The van der Waals surface area contributed by atoms with Gasteiger partial charge in [0, 0.05) is 6.07 Å². The molecule has 6 heteroatoms. The highest BCUT2D eigenvalue weighted by molar-refractivity contribution is 5.68. The molecule has 17 heavy (non-hydrogen) atoms. The normalized spacial score (nSPS) is 9.41. The van der Waals surface area contributed by atoms with Crippen LogP contribution >= 0.6 is 0 Å². The van der Waals surface area contributed by atoms with E-state index in [0.717, 1.165) is 0 Å². The lowest BCUT2D eigenvalue weighted by molar-refractivity contribution is -0.120. The fourth-order valence-electron chi connectivity index (χ4n) is 1.42. The lowest BCUT2D eigenvalue weighted by Crippen LogP contribution is -2.01. The quantitative estimate of drug-likeness (QED) is 0.700. The van der Waals surface area contributed by atoms with Gasteiger partial charge in [0.15, 0.2) is 11.5 Å². The molecule has 0 aromatic heterocycles. The van der Waals surface area contributed by atoms with Crippen molar-refractivity contribution in [3.05, 3.63) is 6.07 Å². The third-order valence-corrected chi connectivity index (χ3v) is 2.14. The van der Waals surface area contributed by atoms with Crippen LogP contribution in [0.5, 0.6) is 28.7 Å². The Bertz CT molecular complexity index is 401. The van der Waals surface area contributed by atoms with Crippen LogP contribution in [0.1, 0.15) is 0 Å². The SMILES string of the molecule is COc1cc(OC)c(OC=O)c(OC)c1OC. The minimum absolute atomic E-state index is 0.141. The molecule has 1 rings (SSSR count). The van der Waals surface area contributed by atoms with Gasteiger partial charge in [-0.25, -0.2) is 0 Å². The van der Waals surface area contributed by atoms with E-state index in [1.807, 2.05) is 0 Å². The molecule has 0 aliphatic carbocycles. The summed E-state index contributed by atoms with van der Waals surface area (Å²) in [5, 5.41) is 0. The molecule has 0 radical (unpaired) electrons. The van der Waals surface area contributed by atoms with Gasteiger partial charge in [0.05, 0.1) is 28.4 Å². The summed E-state index contributed by atoms with van der Waals surface area (Å²) < 4.78 is 25.3. The summed E-state index contributed by atoms with van der Waals surface area (Å²) in [6.07, 6.45) is 0. The maximum atomic E-state index is 10.5. The van der Waals surface area contributed by atoms with E-state index >= 15 is 0 Å². The van der Waals surface area contributed by atoms with E-state index in [-0.39, 0.29) is 18.0 Å². The topological polar surface area (TPSA) is 63.2 Å². The zero-order valence-corrected chi connectivity index (χ0v) is 10.1. The van der Waals surface area contributed by atoms with Crippen molar-refractivity contribution in [2.24, 2.45) is 0 Å². The van der Waals surface area contributed by atoms with Crippen LogP contribution in [-0.4, -0.2) is 34.9 Å². The summed E-state index contributed by atoms with van der Waals surface area (Å²) in [6.45, 7) is 0.284. The number of rotatable bonds is 6. The largest absolute Gasteiger partial charge is 0.493 e. The lowest BCUT2D eigenvalue weighted by Gasteiger charge is -2.16. The molecule has 0 atom stereocenters. The Hall–Kier alpha value is -2.11. The van der Waals surface area contributed by atoms with Crippen LogP contribution in [0.25, 0.3) is 0 Å². The second-order valence-corrected chi connectivity index (χ2v) is 2.89. The number of benzene rings is 1. The number of hydrogen-bond donors (Lipinski definition) is 0. The standard InChI is InChI=1S/C11H14O6/c1-13-7-5-8(14-2)10(17-6-12)11(16-4)9(7)15-3/h5-6H,1-4H3. The van der Waals surface area contributed by atoms with Crippen molar-refractivity contribution in [2.75, 3.05) is 28.4 Å². The number of carbonyl (C=O) groups excluding carboxylic acids is 1. The van der Waals surface area contributed by atoms with Crippen LogP contribution < -0.4 is 23.7 Å². The molecular weight excluding hydrogens is 228 g/mol. The minimum Gasteiger partial charge on any atom is -0.493 e. The van der Waals surface area contributed by atoms with Gasteiger partial charge in [0.2, 0.25) is 17.2 Å². The summed E-state index contributed by atoms with van der Waals surface area (Å²) in [4.78, 5) is 10.5. The molecule has 0 bridgehead atoms. The van der Waals surface area contributed by atoms with Crippen LogP contribution in [0, 0.1) is 0 Å². The molecule has 0 aliphatic heterocycles. The van der Waals surface area contributed by atoms with Crippen LogP contribution in [0.15, 0.2) is 6.07 Å². The smallest absolute Gasteiger partial charge is 0.298 e. The molecule has 0 heterocycles. The van der Waals surface area contributed by atoms with Crippen LogP contribution in [0.2, 0.25) is 0 Å². The van der Waals surface area contributed by atoms with Gasteiger partial charge in [-0.2, -0.15) is 0 Å². The van der Waals surface area contributed by atoms with E-state index in [4.69, 9.17) is 23.7 Å². The van der Waals surface area contributed by atoms with E-state index in [1.54, 1.807) is 6.07 Å². The Labute approximate surface area is 99.0 Å².